The highest BCUT2D eigenvalue weighted by atomic mass is 19.4. The summed E-state index contributed by atoms with van der Waals surface area (Å²) >= 11 is 0. The van der Waals surface area contributed by atoms with Crippen molar-refractivity contribution in [3.8, 4) is 5.69 Å². The summed E-state index contributed by atoms with van der Waals surface area (Å²) in [6, 6.07) is 15.0. The van der Waals surface area contributed by atoms with Crippen LogP contribution in [-0.4, -0.2) is 26.6 Å². The van der Waals surface area contributed by atoms with Gasteiger partial charge in [0, 0.05) is 18.8 Å². The topological polar surface area (TPSA) is 38.1 Å². The molecule has 150 valence electrons. The Morgan fingerprint density at radius 1 is 1.07 bits per heavy atom. The lowest BCUT2D eigenvalue weighted by Gasteiger charge is -2.24. The van der Waals surface area contributed by atoms with Crippen LogP contribution in [0, 0.1) is 0 Å². The number of hydrogen-bond acceptors (Lipinski definition) is 2. The normalized spacial score (nSPS) is 14.0. The van der Waals surface area contributed by atoms with Gasteiger partial charge in [0.1, 0.15) is 0 Å². The van der Waals surface area contributed by atoms with E-state index in [9.17, 15) is 18.0 Å². The maximum atomic E-state index is 13.3. The number of para-hydroxylation sites is 1. The van der Waals surface area contributed by atoms with Crippen molar-refractivity contribution in [1.29, 1.82) is 0 Å². The van der Waals surface area contributed by atoms with Crippen molar-refractivity contribution in [2.75, 3.05) is 0 Å². The van der Waals surface area contributed by atoms with Crippen molar-refractivity contribution in [1.82, 2.24) is 14.7 Å². The van der Waals surface area contributed by atoms with E-state index in [-0.39, 0.29) is 30.5 Å². The number of aromatic nitrogens is 2. The summed E-state index contributed by atoms with van der Waals surface area (Å²) in [5.74, 6) is -0.183. The molecular formula is C22H20F3N3O. The van der Waals surface area contributed by atoms with Gasteiger partial charge in [0.15, 0.2) is 0 Å². The lowest BCUT2D eigenvalue weighted by molar-refractivity contribution is -0.140. The summed E-state index contributed by atoms with van der Waals surface area (Å²) in [6.45, 7) is -0.0357. The largest absolute Gasteiger partial charge is 0.416 e. The first-order chi connectivity index (χ1) is 13.9. The molecule has 1 aliphatic rings. The van der Waals surface area contributed by atoms with E-state index in [2.05, 4.69) is 5.10 Å². The summed E-state index contributed by atoms with van der Waals surface area (Å²) < 4.78 is 41.6. The molecule has 3 aromatic rings. The van der Waals surface area contributed by atoms with Crippen LogP contribution in [0.3, 0.4) is 0 Å². The third kappa shape index (κ3) is 4.50. The summed E-state index contributed by atoms with van der Waals surface area (Å²) in [4.78, 5) is 14.5. The second-order valence-corrected chi connectivity index (χ2v) is 7.21. The fourth-order valence-corrected chi connectivity index (χ4v) is 3.37. The Morgan fingerprint density at radius 2 is 1.76 bits per heavy atom. The van der Waals surface area contributed by atoms with Crippen molar-refractivity contribution in [3.05, 3.63) is 83.7 Å². The molecule has 29 heavy (non-hydrogen) atoms. The third-order valence-corrected chi connectivity index (χ3v) is 4.98. The molecule has 1 aliphatic carbocycles. The standard InChI is InChI=1S/C22H20F3N3O/c23-22(24,25)20-9-5-4-6-17(20)15-27(18-10-11-18)21(29)12-16-13-26-28(14-16)19-7-2-1-3-8-19/h1-9,13-14,18H,10-12,15H2. The zero-order valence-corrected chi connectivity index (χ0v) is 15.6. The van der Waals surface area contributed by atoms with Crippen LogP contribution >= 0.6 is 0 Å². The number of carbonyl (C=O) groups excluding carboxylic acids is 1. The molecule has 1 fully saturated rings. The Kier molecular flexibility index (Phi) is 5.13. The average Bonchev–Trinajstić information content (AvgIpc) is 3.44. The molecule has 0 bridgehead atoms. The van der Waals surface area contributed by atoms with Gasteiger partial charge in [0.25, 0.3) is 0 Å². The van der Waals surface area contributed by atoms with E-state index in [0.29, 0.717) is 0 Å². The molecule has 2 aromatic carbocycles. The lowest BCUT2D eigenvalue weighted by atomic mass is 10.1. The van der Waals surface area contributed by atoms with Crippen molar-refractivity contribution in [2.24, 2.45) is 0 Å². The first kappa shape index (κ1) is 19.2. The van der Waals surface area contributed by atoms with Crippen LogP contribution in [-0.2, 0) is 23.9 Å². The van der Waals surface area contributed by atoms with Crippen LogP contribution in [0.25, 0.3) is 5.69 Å². The molecule has 4 rings (SSSR count). The Balaban J connectivity index is 1.51. The van der Waals surface area contributed by atoms with Gasteiger partial charge in [-0.2, -0.15) is 18.3 Å². The van der Waals surface area contributed by atoms with E-state index < -0.39 is 11.7 Å². The van der Waals surface area contributed by atoms with E-state index in [1.807, 2.05) is 30.3 Å². The number of amides is 1. The quantitative estimate of drug-likeness (QED) is 0.606. The Bertz CT molecular complexity index is 994. The minimum Gasteiger partial charge on any atom is -0.335 e. The van der Waals surface area contributed by atoms with Crippen LogP contribution in [0.2, 0.25) is 0 Å². The molecular weight excluding hydrogens is 379 g/mol. The van der Waals surface area contributed by atoms with Gasteiger partial charge < -0.3 is 4.90 Å². The number of alkyl halides is 3. The fourth-order valence-electron chi connectivity index (χ4n) is 3.37. The third-order valence-electron chi connectivity index (χ3n) is 4.98. The van der Waals surface area contributed by atoms with E-state index in [0.717, 1.165) is 30.2 Å². The molecule has 1 heterocycles. The highest BCUT2D eigenvalue weighted by Gasteiger charge is 2.37. The van der Waals surface area contributed by atoms with Gasteiger partial charge in [0.2, 0.25) is 5.91 Å². The van der Waals surface area contributed by atoms with Gasteiger partial charge in [-0.05, 0) is 42.2 Å². The maximum absolute atomic E-state index is 13.3. The van der Waals surface area contributed by atoms with Crippen molar-refractivity contribution < 1.29 is 18.0 Å². The van der Waals surface area contributed by atoms with Gasteiger partial charge in [-0.25, -0.2) is 4.68 Å². The molecule has 7 heteroatoms. The van der Waals surface area contributed by atoms with Crippen molar-refractivity contribution >= 4 is 5.91 Å². The molecule has 0 unspecified atom stereocenters. The van der Waals surface area contributed by atoms with Crippen LogP contribution < -0.4 is 0 Å². The van der Waals surface area contributed by atoms with Crippen LogP contribution in [0.4, 0.5) is 13.2 Å². The zero-order chi connectivity index (χ0) is 20.4. The number of rotatable bonds is 6. The average molecular weight is 399 g/mol. The molecule has 0 N–H and O–H groups in total. The molecule has 0 saturated heterocycles. The molecule has 0 radical (unpaired) electrons. The second-order valence-electron chi connectivity index (χ2n) is 7.21. The SMILES string of the molecule is O=C(Cc1cnn(-c2ccccc2)c1)N(Cc1ccccc1C(F)(F)F)C1CC1. The van der Waals surface area contributed by atoms with Crippen LogP contribution in [0.5, 0.6) is 0 Å². The molecule has 0 aliphatic heterocycles. The highest BCUT2D eigenvalue weighted by molar-refractivity contribution is 5.79. The predicted molar refractivity (Wildman–Crippen MR) is 102 cm³/mol. The lowest BCUT2D eigenvalue weighted by Crippen LogP contribution is -2.34. The summed E-state index contributed by atoms with van der Waals surface area (Å²) in [7, 11) is 0. The van der Waals surface area contributed by atoms with E-state index in [1.165, 1.54) is 12.1 Å². The van der Waals surface area contributed by atoms with Crippen molar-refractivity contribution in [3.63, 3.8) is 0 Å². The second kappa shape index (κ2) is 7.73. The molecule has 1 aromatic heterocycles. The molecule has 0 spiro atoms. The smallest absolute Gasteiger partial charge is 0.335 e. The number of carbonyl (C=O) groups is 1. The van der Waals surface area contributed by atoms with E-state index >= 15 is 0 Å². The fraction of sp³-hybridized carbons (Fsp3) is 0.273. The number of nitrogens with zero attached hydrogens (tertiary/aromatic N) is 3. The number of halogens is 3. The summed E-state index contributed by atoms with van der Waals surface area (Å²) in [6.07, 6.45) is 0.719. The van der Waals surface area contributed by atoms with Gasteiger partial charge in [-0.15, -0.1) is 0 Å². The predicted octanol–water partition coefficient (Wildman–Crippen LogP) is 4.62. The number of benzene rings is 2. The van der Waals surface area contributed by atoms with E-state index in [4.69, 9.17) is 0 Å². The first-order valence-corrected chi connectivity index (χ1v) is 9.45. The minimum absolute atomic E-state index is 0.00737. The Hall–Kier alpha value is -3.09. The minimum atomic E-state index is -4.44. The monoisotopic (exact) mass is 399 g/mol. The zero-order valence-electron chi connectivity index (χ0n) is 15.6. The highest BCUT2D eigenvalue weighted by Crippen LogP contribution is 2.35. The number of hydrogen-bond donors (Lipinski definition) is 0. The van der Waals surface area contributed by atoms with Crippen LogP contribution in [0.15, 0.2) is 67.0 Å². The van der Waals surface area contributed by atoms with Gasteiger partial charge in [-0.3, -0.25) is 4.79 Å². The summed E-state index contributed by atoms with van der Waals surface area (Å²) in [5, 5.41) is 4.29. The Morgan fingerprint density at radius 3 is 2.45 bits per heavy atom. The van der Waals surface area contributed by atoms with Crippen LogP contribution in [0.1, 0.15) is 29.5 Å². The maximum Gasteiger partial charge on any atom is 0.416 e. The van der Waals surface area contributed by atoms with E-state index in [1.54, 1.807) is 28.0 Å². The van der Waals surface area contributed by atoms with Crippen molar-refractivity contribution in [2.45, 2.75) is 38.0 Å². The molecule has 4 nitrogen and oxygen atoms in total. The Labute approximate surface area is 166 Å². The molecule has 1 amide bonds. The molecule has 0 atom stereocenters. The molecule has 1 saturated carbocycles. The van der Waals surface area contributed by atoms with Gasteiger partial charge in [0.05, 0.1) is 23.9 Å². The summed E-state index contributed by atoms with van der Waals surface area (Å²) in [5.41, 5.74) is 1.05. The first-order valence-electron chi connectivity index (χ1n) is 9.45. The van der Waals surface area contributed by atoms with Gasteiger partial charge >= 0.3 is 6.18 Å². The van der Waals surface area contributed by atoms with Gasteiger partial charge in [-0.1, -0.05) is 36.4 Å².